The second-order valence-electron chi connectivity index (χ2n) is 17.4. The third kappa shape index (κ3) is 37.6. The van der Waals surface area contributed by atoms with Crippen molar-refractivity contribution in [2.24, 2.45) is 0 Å². The van der Waals surface area contributed by atoms with Crippen LogP contribution >= 0.6 is 0 Å². The predicted molar refractivity (Wildman–Crippen MR) is 231 cm³/mol. The third-order valence-corrected chi connectivity index (χ3v) is 10.9. The number of aliphatic carboxylic acids is 1. The normalized spacial score (nSPS) is 12.9. The summed E-state index contributed by atoms with van der Waals surface area (Å²) in [6.07, 6.45) is 42.3. The number of esters is 2. The number of carboxylic acids is 1. The van der Waals surface area contributed by atoms with Crippen LogP contribution in [0.15, 0.2) is 12.2 Å². The van der Waals surface area contributed by atoms with Gasteiger partial charge in [-0.15, -0.1) is 0 Å². The molecule has 0 aromatic heterocycles. The maximum atomic E-state index is 12.7. The number of nitrogens with zero attached hydrogens (tertiary/aromatic N) is 1. The van der Waals surface area contributed by atoms with Gasteiger partial charge in [-0.1, -0.05) is 180 Å². The van der Waals surface area contributed by atoms with E-state index in [4.69, 9.17) is 14.2 Å². The molecule has 8 nitrogen and oxygen atoms in total. The summed E-state index contributed by atoms with van der Waals surface area (Å²) in [6.45, 7) is 4.68. The first kappa shape index (κ1) is 54.1. The Balaban J connectivity index is 4.28. The van der Waals surface area contributed by atoms with Crippen molar-refractivity contribution < 1.29 is 38.2 Å². The summed E-state index contributed by atoms with van der Waals surface area (Å²) in [5.74, 6) is -1.73. The van der Waals surface area contributed by atoms with Crippen LogP contribution in [-0.4, -0.2) is 75.5 Å². The molecule has 0 saturated heterocycles. The van der Waals surface area contributed by atoms with Crippen LogP contribution in [-0.2, 0) is 28.6 Å². The third-order valence-electron chi connectivity index (χ3n) is 10.9. The number of carboxylic acid groups (broad SMARTS) is 1. The van der Waals surface area contributed by atoms with Gasteiger partial charge >= 0.3 is 11.9 Å². The van der Waals surface area contributed by atoms with E-state index >= 15 is 0 Å². The lowest BCUT2D eigenvalue weighted by Crippen LogP contribution is -2.55. The van der Waals surface area contributed by atoms with Gasteiger partial charge < -0.3 is 28.6 Å². The number of carbonyl (C=O) groups excluding carboxylic acids is 3. The molecule has 0 aromatic carbocycles. The summed E-state index contributed by atoms with van der Waals surface area (Å²) in [5, 5.41) is 11.6. The lowest BCUT2D eigenvalue weighted by Gasteiger charge is -2.34. The molecule has 0 aliphatic rings. The Morgan fingerprint density at radius 1 is 0.518 bits per heavy atom. The molecular weight excluding hydrogens is 703 g/mol. The molecule has 8 heteroatoms. The first-order chi connectivity index (χ1) is 27.1. The van der Waals surface area contributed by atoms with E-state index in [0.29, 0.717) is 12.8 Å². The molecule has 0 aliphatic heterocycles. The Morgan fingerprint density at radius 2 is 0.893 bits per heavy atom. The van der Waals surface area contributed by atoms with E-state index in [1.807, 2.05) is 0 Å². The molecule has 2 unspecified atom stereocenters. The lowest BCUT2D eigenvalue weighted by molar-refractivity contribution is -0.889. The number of carbonyl (C=O) groups is 3. The van der Waals surface area contributed by atoms with Crippen LogP contribution in [0.4, 0.5) is 0 Å². The zero-order valence-electron chi connectivity index (χ0n) is 37.6. The van der Waals surface area contributed by atoms with Crippen LogP contribution in [0.25, 0.3) is 0 Å². The monoisotopic (exact) mass is 794 g/mol. The SMILES string of the molecule is CCCCCCCCC/C=C/CCCCCCCC(=O)OCC(COCCC(C(=O)[O-])[N+](C)(C)C)OC(=O)CCCCCCCCCCCCCCCCCC. The molecule has 0 amide bonds. The Bertz CT molecular complexity index is 931. The molecule has 0 heterocycles. The van der Waals surface area contributed by atoms with Crippen molar-refractivity contribution in [3.63, 3.8) is 0 Å². The van der Waals surface area contributed by atoms with Crippen LogP contribution in [0, 0.1) is 0 Å². The lowest BCUT2D eigenvalue weighted by atomic mass is 10.0. The second kappa shape index (κ2) is 39.9. The largest absolute Gasteiger partial charge is 0.544 e. The number of allylic oxidation sites excluding steroid dienone is 2. The first-order valence-electron chi connectivity index (χ1n) is 23.7. The van der Waals surface area contributed by atoms with Crippen molar-refractivity contribution in [1.29, 1.82) is 0 Å². The summed E-state index contributed by atoms with van der Waals surface area (Å²) in [4.78, 5) is 36.9. The van der Waals surface area contributed by atoms with Gasteiger partial charge in [0.1, 0.15) is 12.6 Å². The topological polar surface area (TPSA) is 102 Å². The van der Waals surface area contributed by atoms with Gasteiger partial charge in [-0.25, -0.2) is 0 Å². The van der Waals surface area contributed by atoms with Crippen molar-refractivity contribution in [2.45, 2.75) is 238 Å². The minimum absolute atomic E-state index is 0.0440. The molecule has 0 saturated carbocycles. The standard InChI is InChI=1S/C48H91NO7/c1-6-8-10-12-14-16-18-20-22-24-26-28-30-32-34-36-38-46(50)55-43-44(42-54-41-40-45(48(52)53)49(3,4)5)56-47(51)39-37-35-33-31-29-27-25-23-21-19-17-15-13-11-9-7-2/h22,24,44-45H,6-21,23,25-43H2,1-5H3/b24-22+. The fourth-order valence-corrected chi connectivity index (χ4v) is 7.18. The Hall–Kier alpha value is -1.93. The van der Waals surface area contributed by atoms with Crippen molar-refractivity contribution in [3.05, 3.63) is 12.2 Å². The van der Waals surface area contributed by atoms with E-state index in [0.717, 1.165) is 44.9 Å². The number of likely N-dealkylation sites (N-methyl/N-ethyl adjacent to an activating group) is 1. The highest BCUT2D eigenvalue weighted by atomic mass is 16.6. The summed E-state index contributed by atoms with van der Waals surface area (Å²) >= 11 is 0. The molecule has 0 spiro atoms. The van der Waals surface area contributed by atoms with Gasteiger partial charge in [-0.05, 0) is 38.5 Å². The zero-order chi connectivity index (χ0) is 41.4. The van der Waals surface area contributed by atoms with Gasteiger partial charge in [0.25, 0.3) is 0 Å². The highest BCUT2D eigenvalue weighted by molar-refractivity contribution is 5.70. The first-order valence-corrected chi connectivity index (χ1v) is 23.7. The molecular formula is C48H91NO7. The number of hydrogen-bond acceptors (Lipinski definition) is 7. The predicted octanol–water partition coefficient (Wildman–Crippen LogP) is 11.8. The summed E-state index contributed by atoms with van der Waals surface area (Å²) in [7, 11) is 5.42. The Kier molecular flexibility index (Phi) is 38.5. The van der Waals surface area contributed by atoms with Gasteiger partial charge in [0.15, 0.2) is 6.10 Å². The van der Waals surface area contributed by atoms with Crippen molar-refractivity contribution in [2.75, 3.05) is 41.0 Å². The summed E-state index contributed by atoms with van der Waals surface area (Å²) < 4.78 is 17.2. The van der Waals surface area contributed by atoms with E-state index in [1.54, 1.807) is 21.1 Å². The van der Waals surface area contributed by atoms with Gasteiger partial charge in [0, 0.05) is 19.3 Å². The van der Waals surface area contributed by atoms with Crippen molar-refractivity contribution in [3.8, 4) is 0 Å². The molecule has 0 fully saturated rings. The van der Waals surface area contributed by atoms with E-state index in [1.165, 1.54) is 148 Å². The molecule has 0 aromatic rings. The smallest absolute Gasteiger partial charge is 0.306 e. The summed E-state index contributed by atoms with van der Waals surface area (Å²) in [6, 6.07) is -0.722. The molecule has 330 valence electrons. The van der Waals surface area contributed by atoms with Crippen LogP contribution in [0.1, 0.15) is 226 Å². The highest BCUT2D eigenvalue weighted by Crippen LogP contribution is 2.16. The number of quaternary nitrogens is 1. The van der Waals surface area contributed by atoms with Crippen LogP contribution in [0.2, 0.25) is 0 Å². The molecule has 0 aliphatic carbocycles. The second-order valence-corrected chi connectivity index (χ2v) is 17.4. The molecule has 0 rings (SSSR count). The molecule has 0 N–H and O–H groups in total. The quantitative estimate of drug-likeness (QED) is 0.0262. The van der Waals surface area contributed by atoms with E-state index in [2.05, 4.69) is 26.0 Å². The molecule has 0 radical (unpaired) electrons. The summed E-state index contributed by atoms with van der Waals surface area (Å²) in [5.41, 5.74) is 0. The molecule has 0 bridgehead atoms. The van der Waals surface area contributed by atoms with Gasteiger partial charge in [-0.3, -0.25) is 9.59 Å². The Morgan fingerprint density at radius 3 is 1.29 bits per heavy atom. The van der Waals surface area contributed by atoms with E-state index in [9.17, 15) is 19.5 Å². The number of hydrogen-bond donors (Lipinski definition) is 0. The van der Waals surface area contributed by atoms with Crippen LogP contribution < -0.4 is 5.11 Å². The van der Waals surface area contributed by atoms with Crippen LogP contribution in [0.5, 0.6) is 0 Å². The fraction of sp³-hybridized carbons (Fsp3) is 0.896. The maximum absolute atomic E-state index is 12.7. The zero-order valence-corrected chi connectivity index (χ0v) is 37.6. The number of ether oxygens (including phenoxy) is 3. The molecule has 2 atom stereocenters. The Labute approximate surface area is 346 Å². The van der Waals surface area contributed by atoms with Crippen molar-refractivity contribution >= 4 is 17.9 Å². The molecule has 56 heavy (non-hydrogen) atoms. The maximum Gasteiger partial charge on any atom is 0.306 e. The van der Waals surface area contributed by atoms with Gasteiger partial charge in [0.2, 0.25) is 0 Å². The van der Waals surface area contributed by atoms with E-state index < -0.39 is 18.1 Å². The van der Waals surface area contributed by atoms with E-state index in [-0.39, 0.29) is 42.7 Å². The van der Waals surface area contributed by atoms with Crippen LogP contribution in [0.3, 0.4) is 0 Å². The van der Waals surface area contributed by atoms with Crippen molar-refractivity contribution in [1.82, 2.24) is 0 Å². The van der Waals surface area contributed by atoms with Gasteiger partial charge in [0.05, 0.1) is 40.3 Å². The minimum atomic E-state index is -1.12. The average Bonchev–Trinajstić information content (AvgIpc) is 3.15. The number of unbranched alkanes of at least 4 members (excludes halogenated alkanes) is 27. The number of rotatable bonds is 43. The van der Waals surface area contributed by atoms with Gasteiger partial charge in [-0.2, -0.15) is 0 Å². The average molecular weight is 794 g/mol. The minimum Gasteiger partial charge on any atom is -0.544 e. The highest BCUT2D eigenvalue weighted by Gasteiger charge is 2.25. The fourth-order valence-electron chi connectivity index (χ4n) is 7.18.